The molecule has 0 aliphatic carbocycles. The van der Waals surface area contributed by atoms with Crippen molar-refractivity contribution in [3.63, 3.8) is 0 Å². The summed E-state index contributed by atoms with van der Waals surface area (Å²) in [5.74, 6) is -2.31. The molecule has 2 rings (SSSR count). The molecule has 0 atom stereocenters. The molecule has 0 heterocycles. The van der Waals surface area contributed by atoms with Crippen LogP contribution in [0.15, 0.2) is 41.3 Å². The Morgan fingerprint density at radius 1 is 0.815 bits per heavy atom. The maximum absolute atomic E-state index is 13.8. The highest BCUT2D eigenvalue weighted by atomic mass is 32.2. The van der Waals surface area contributed by atoms with Gasteiger partial charge in [-0.3, -0.25) is 4.31 Å². The topological polar surface area (TPSA) is 37.4 Å². The Morgan fingerprint density at radius 2 is 1.30 bits per heavy atom. The minimum atomic E-state index is -5.27. The van der Waals surface area contributed by atoms with Gasteiger partial charge in [-0.15, -0.1) is 0 Å². The molecule has 0 fully saturated rings. The average Bonchev–Trinajstić information content (AvgIpc) is 2.54. The number of halogens is 8. The molecule has 27 heavy (non-hydrogen) atoms. The van der Waals surface area contributed by atoms with Gasteiger partial charge in [0.15, 0.2) is 0 Å². The van der Waals surface area contributed by atoms with Gasteiger partial charge in [0, 0.05) is 13.1 Å². The van der Waals surface area contributed by atoms with Crippen molar-refractivity contribution in [3.8, 4) is 0 Å². The molecule has 0 spiro atoms. The van der Waals surface area contributed by atoms with Crippen molar-refractivity contribution in [1.82, 2.24) is 0 Å². The molecule has 0 unspecified atom stereocenters. The molecule has 148 valence electrons. The molecular weight excluding hydrogens is 410 g/mol. The first-order valence-electron chi connectivity index (χ1n) is 6.87. The molecule has 0 aliphatic rings. The maximum Gasteiger partial charge on any atom is 0.416 e. The fourth-order valence-electron chi connectivity index (χ4n) is 2.09. The second kappa shape index (κ2) is 6.66. The highest BCUT2D eigenvalue weighted by Crippen LogP contribution is 2.38. The number of sulfonamides is 1. The van der Waals surface area contributed by atoms with Crippen molar-refractivity contribution in [3.05, 3.63) is 59.2 Å². The lowest BCUT2D eigenvalue weighted by atomic mass is 10.1. The monoisotopic (exact) mass is 419 g/mol. The van der Waals surface area contributed by atoms with Crippen molar-refractivity contribution in [2.45, 2.75) is 17.2 Å². The van der Waals surface area contributed by atoms with E-state index >= 15 is 0 Å². The van der Waals surface area contributed by atoms with Crippen LogP contribution in [0.25, 0.3) is 0 Å². The fraction of sp³-hybridized carbons (Fsp3) is 0.200. The zero-order valence-electron chi connectivity index (χ0n) is 13.2. The number of nitrogens with zero attached hydrogens (tertiary/aromatic N) is 1. The van der Waals surface area contributed by atoms with Gasteiger partial charge >= 0.3 is 12.4 Å². The predicted molar refractivity (Wildman–Crippen MR) is 78.4 cm³/mol. The highest BCUT2D eigenvalue weighted by Gasteiger charge is 2.39. The molecule has 0 N–H and O–H groups in total. The molecule has 2 aromatic rings. The molecule has 0 saturated carbocycles. The van der Waals surface area contributed by atoms with Crippen LogP contribution in [0.2, 0.25) is 0 Å². The number of rotatable bonds is 3. The summed E-state index contributed by atoms with van der Waals surface area (Å²) in [7, 11) is -4.40. The minimum absolute atomic E-state index is 0.0156. The van der Waals surface area contributed by atoms with Gasteiger partial charge in [-0.05, 0) is 30.3 Å². The summed E-state index contributed by atoms with van der Waals surface area (Å²) in [6.07, 6.45) is -10.5. The third-order valence-corrected chi connectivity index (χ3v) is 5.22. The average molecular weight is 419 g/mol. The Balaban J connectivity index is 2.69. The third-order valence-electron chi connectivity index (χ3n) is 3.47. The van der Waals surface area contributed by atoms with Crippen LogP contribution in [0.4, 0.5) is 40.8 Å². The van der Waals surface area contributed by atoms with Gasteiger partial charge in [-0.25, -0.2) is 17.2 Å². The van der Waals surface area contributed by atoms with Crippen LogP contribution < -0.4 is 4.31 Å². The van der Waals surface area contributed by atoms with Gasteiger partial charge < -0.3 is 0 Å². The molecule has 0 bridgehead atoms. The van der Waals surface area contributed by atoms with Crippen LogP contribution in [-0.4, -0.2) is 15.5 Å². The molecule has 0 saturated heterocycles. The number of hydrogen-bond acceptors (Lipinski definition) is 2. The maximum atomic E-state index is 13.8. The Bertz CT molecular complexity index is 935. The van der Waals surface area contributed by atoms with Gasteiger partial charge in [0.05, 0.1) is 21.7 Å². The third kappa shape index (κ3) is 4.31. The van der Waals surface area contributed by atoms with Crippen LogP contribution in [0.3, 0.4) is 0 Å². The van der Waals surface area contributed by atoms with E-state index in [0.717, 1.165) is 0 Å². The molecule has 0 amide bonds. The standard InChI is InChI=1S/C15H9F8NO2S/c1-24(13-7-10(16)2-3-12(13)17)27(25,26)11-5-8(14(18,19)20)4-9(6-11)15(21,22)23/h2-7H,1H3. The van der Waals surface area contributed by atoms with Crippen molar-refractivity contribution >= 4 is 15.7 Å². The van der Waals surface area contributed by atoms with E-state index in [2.05, 4.69) is 0 Å². The van der Waals surface area contributed by atoms with Gasteiger partial charge in [-0.1, -0.05) is 0 Å². The molecule has 12 heteroatoms. The largest absolute Gasteiger partial charge is 0.416 e. The van der Waals surface area contributed by atoms with Gasteiger partial charge in [0.2, 0.25) is 0 Å². The summed E-state index contributed by atoms with van der Waals surface area (Å²) in [4.78, 5) is -1.38. The zero-order chi connectivity index (χ0) is 20.8. The summed E-state index contributed by atoms with van der Waals surface area (Å²) in [5.41, 5.74) is -4.60. The second-order valence-electron chi connectivity index (χ2n) is 5.31. The van der Waals surface area contributed by atoms with E-state index < -0.39 is 55.7 Å². The van der Waals surface area contributed by atoms with Gasteiger partial charge in [0.25, 0.3) is 10.0 Å². The van der Waals surface area contributed by atoms with E-state index in [9.17, 15) is 43.5 Å². The summed E-state index contributed by atoms with van der Waals surface area (Å²) in [6.45, 7) is 0. The molecule has 0 radical (unpaired) electrons. The lowest BCUT2D eigenvalue weighted by molar-refractivity contribution is -0.143. The normalized spacial score (nSPS) is 12.9. The fourth-order valence-corrected chi connectivity index (χ4v) is 3.36. The number of alkyl halides is 6. The van der Waals surface area contributed by atoms with Gasteiger partial charge in [-0.2, -0.15) is 26.3 Å². The molecule has 3 nitrogen and oxygen atoms in total. The zero-order valence-corrected chi connectivity index (χ0v) is 14.0. The number of hydrogen-bond donors (Lipinski definition) is 0. The van der Waals surface area contributed by atoms with E-state index in [1.807, 2.05) is 0 Å². The van der Waals surface area contributed by atoms with Crippen molar-refractivity contribution in [2.24, 2.45) is 0 Å². The van der Waals surface area contributed by atoms with E-state index in [1.54, 1.807) is 0 Å². The predicted octanol–water partition coefficient (Wildman–Crippen LogP) is 4.83. The molecule has 2 aromatic carbocycles. The highest BCUT2D eigenvalue weighted by molar-refractivity contribution is 7.92. The Morgan fingerprint density at radius 3 is 1.74 bits per heavy atom. The lowest BCUT2D eigenvalue weighted by Crippen LogP contribution is -2.28. The Hall–Kier alpha value is -2.37. The van der Waals surface area contributed by atoms with E-state index in [0.29, 0.717) is 25.2 Å². The quantitative estimate of drug-likeness (QED) is 0.669. The summed E-state index contributed by atoms with van der Waals surface area (Å²) in [6, 6.07) is 1.37. The van der Waals surface area contributed by atoms with Crippen LogP contribution in [-0.2, 0) is 22.4 Å². The van der Waals surface area contributed by atoms with E-state index in [-0.39, 0.29) is 22.5 Å². The van der Waals surface area contributed by atoms with Crippen LogP contribution >= 0.6 is 0 Å². The summed E-state index contributed by atoms with van der Waals surface area (Å²) in [5, 5.41) is 0. The lowest BCUT2D eigenvalue weighted by Gasteiger charge is -2.21. The van der Waals surface area contributed by atoms with Crippen molar-refractivity contribution < 1.29 is 43.5 Å². The first kappa shape index (κ1) is 20.9. The Labute approximate surface area is 147 Å². The smallest absolute Gasteiger partial charge is 0.266 e. The first-order chi connectivity index (χ1) is 12.1. The van der Waals surface area contributed by atoms with E-state index in [4.69, 9.17) is 0 Å². The molecular formula is C15H9F8NO2S. The molecule has 0 aromatic heterocycles. The van der Waals surface area contributed by atoms with Crippen LogP contribution in [0.1, 0.15) is 11.1 Å². The summed E-state index contributed by atoms with van der Waals surface area (Å²) >= 11 is 0. The van der Waals surface area contributed by atoms with Crippen molar-refractivity contribution in [2.75, 3.05) is 11.4 Å². The second-order valence-corrected chi connectivity index (χ2v) is 7.28. The number of anilines is 1. The van der Waals surface area contributed by atoms with Gasteiger partial charge in [0.1, 0.15) is 11.6 Å². The number of benzene rings is 2. The minimum Gasteiger partial charge on any atom is -0.266 e. The van der Waals surface area contributed by atoms with E-state index in [1.165, 1.54) is 0 Å². The summed E-state index contributed by atoms with van der Waals surface area (Å²) < 4.78 is 129. The Kier molecular flexibility index (Phi) is 5.16. The first-order valence-corrected chi connectivity index (χ1v) is 8.31. The van der Waals surface area contributed by atoms with Crippen molar-refractivity contribution in [1.29, 1.82) is 0 Å². The van der Waals surface area contributed by atoms with Crippen LogP contribution in [0, 0.1) is 11.6 Å². The SMILES string of the molecule is CN(c1cc(F)ccc1F)S(=O)(=O)c1cc(C(F)(F)F)cc(C(F)(F)F)c1. The van der Waals surface area contributed by atoms with Crippen LogP contribution in [0.5, 0.6) is 0 Å². The molecule has 0 aliphatic heterocycles.